The van der Waals surface area contributed by atoms with Crippen LogP contribution in [0.15, 0.2) is 18.5 Å². The third-order valence-corrected chi connectivity index (χ3v) is 4.68. The van der Waals surface area contributed by atoms with Crippen molar-refractivity contribution in [2.45, 2.75) is 31.7 Å². The van der Waals surface area contributed by atoms with Crippen molar-refractivity contribution in [3.05, 3.63) is 35.3 Å². The molecule has 2 aromatic heterocycles. The molecule has 3 heterocycles. The van der Waals surface area contributed by atoms with E-state index in [-0.39, 0.29) is 0 Å². The summed E-state index contributed by atoms with van der Waals surface area (Å²) >= 11 is 0. The van der Waals surface area contributed by atoms with Gasteiger partial charge in [0.25, 0.3) is 0 Å². The summed E-state index contributed by atoms with van der Waals surface area (Å²) in [5.74, 6) is 3.36. The second kappa shape index (κ2) is 6.50. The second-order valence-corrected chi connectivity index (χ2v) is 6.32. The van der Waals surface area contributed by atoms with Crippen molar-refractivity contribution < 1.29 is 0 Å². The average molecular weight is 319 g/mol. The fraction of sp³-hybridized carbons (Fsp3) is 0.368. The van der Waals surface area contributed by atoms with Crippen molar-refractivity contribution in [2.75, 3.05) is 18.4 Å². The number of allylic oxidation sites excluding steroid dienone is 1. The van der Waals surface area contributed by atoms with E-state index < -0.39 is 0 Å². The van der Waals surface area contributed by atoms with Crippen LogP contribution in [-0.4, -0.2) is 34.1 Å². The van der Waals surface area contributed by atoms with E-state index in [2.05, 4.69) is 38.7 Å². The molecule has 0 aromatic carbocycles. The van der Waals surface area contributed by atoms with Crippen LogP contribution in [0.4, 0.5) is 5.95 Å². The van der Waals surface area contributed by atoms with Gasteiger partial charge in [-0.05, 0) is 32.2 Å². The summed E-state index contributed by atoms with van der Waals surface area (Å²) < 4.78 is 0. The Labute approximate surface area is 142 Å². The molecule has 0 saturated carbocycles. The van der Waals surface area contributed by atoms with E-state index in [1.165, 1.54) is 17.7 Å². The number of terminal acetylenes is 1. The first kappa shape index (κ1) is 15.0. The van der Waals surface area contributed by atoms with Gasteiger partial charge in [-0.3, -0.25) is 0 Å². The molecule has 4 rings (SSSR count). The Morgan fingerprint density at radius 3 is 3.17 bits per heavy atom. The Balaban J connectivity index is 1.69. The van der Waals surface area contributed by atoms with Gasteiger partial charge in [0, 0.05) is 41.8 Å². The number of anilines is 1. The van der Waals surface area contributed by atoms with Gasteiger partial charge in [0.1, 0.15) is 0 Å². The minimum Gasteiger partial charge on any atom is -0.364 e. The molecule has 2 aliphatic rings. The maximum atomic E-state index is 5.68. The number of nitrogens with zero attached hydrogens (tertiary/aromatic N) is 2. The third-order valence-electron chi connectivity index (χ3n) is 4.68. The minimum absolute atomic E-state index is 0.364. The van der Waals surface area contributed by atoms with E-state index in [0.717, 1.165) is 49.2 Å². The van der Waals surface area contributed by atoms with E-state index in [1.807, 2.05) is 6.20 Å². The van der Waals surface area contributed by atoms with Gasteiger partial charge < -0.3 is 15.6 Å². The van der Waals surface area contributed by atoms with Crippen LogP contribution in [0.2, 0.25) is 0 Å². The number of piperidine rings is 1. The zero-order valence-corrected chi connectivity index (χ0v) is 13.6. The smallest absolute Gasteiger partial charge is 0.223 e. The summed E-state index contributed by atoms with van der Waals surface area (Å²) in [6.07, 6.45) is 18.2. The number of rotatable bonds is 3. The van der Waals surface area contributed by atoms with Crippen molar-refractivity contribution in [3.8, 4) is 23.6 Å². The highest BCUT2D eigenvalue weighted by Gasteiger charge is 2.19. The third kappa shape index (κ3) is 2.81. The van der Waals surface area contributed by atoms with Crippen LogP contribution in [0.3, 0.4) is 0 Å². The van der Waals surface area contributed by atoms with E-state index in [1.54, 1.807) is 6.20 Å². The molecule has 0 bridgehead atoms. The Hall–Kier alpha value is -2.58. The number of hydrogen-bond donors (Lipinski definition) is 3. The fourth-order valence-electron chi connectivity index (χ4n) is 3.42. The summed E-state index contributed by atoms with van der Waals surface area (Å²) in [6.45, 7) is 2.03. The van der Waals surface area contributed by atoms with Crippen LogP contribution in [0.5, 0.6) is 0 Å². The van der Waals surface area contributed by atoms with Gasteiger partial charge in [-0.1, -0.05) is 18.1 Å². The largest absolute Gasteiger partial charge is 0.364 e. The summed E-state index contributed by atoms with van der Waals surface area (Å²) in [6, 6.07) is 0.364. The van der Waals surface area contributed by atoms with Gasteiger partial charge in [-0.15, -0.1) is 6.42 Å². The number of H-pyrrole nitrogens is 1. The molecule has 24 heavy (non-hydrogen) atoms. The van der Waals surface area contributed by atoms with E-state index in [0.29, 0.717) is 12.0 Å². The van der Waals surface area contributed by atoms with Crippen LogP contribution >= 0.6 is 0 Å². The van der Waals surface area contributed by atoms with Crippen LogP contribution in [-0.2, 0) is 6.42 Å². The highest BCUT2D eigenvalue weighted by atomic mass is 15.1. The molecule has 1 aliphatic heterocycles. The standard InChI is InChI=1S/C19H21N5/c1-2-13-10-22-19(23-14-6-5-9-20-11-14)24-18(13)16-12-21-17-8-4-3-7-15(16)17/h1,3,7,10,12,14,20-21H,4-6,8-9,11H2,(H,22,23,24)/t14-/m0/s1. The highest BCUT2D eigenvalue weighted by Crippen LogP contribution is 2.31. The number of fused-ring (bicyclic) bond motifs is 1. The lowest BCUT2D eigenvalue weighted by molar-refractivity contribution is 0.478. The van der Waals surface area contributed by atoms with Crippen molar-refractivity contribution in [2.24, 2.45) is 0 Å². The van der Waals surface area contributed by atoms with Crippen LogP contribution in [0, 0.1) is 12.3 Å². The van der Waals surface area contributed by atoms with Gasteiger partial charge in [0.05, 0.1) is 11.3 Å². The molecule has 1 atom stereocenters. The second-order valence-electron chi connectivity index (χ2n) is 6.32. The zero-order chi connectivity index (χ0) is 16.4. The molecule has 0 unspecified atom stereocenters. The number of aromatic nitrogens is 3. The number of aryl methyl sites for hydroxylation is 1. The number of hydrogen-bond acceptors (Lipinski definition) is 4. The first-order valence-corrected chi connectivity index (χ1v) is 8.53. The monoisotopic (exact) mass is 319 g/mol. The lowest BCUT2D eigenvalue weighted by Gasteiger charge is -2.24. The van der Waals surface area contributed by atoms with Gasteiger partial charge in [0.2, 0.25) is 5.95 Å². The van der Waals surface area contributed by atoms with Crippen LogP contribution in [0.1, 0.15) is 36.1 Å². The number of aromatic amines is 1. The molecule has 0 spiro atoms. The predicted molar refractivity (Wildman–Crippen MR) is 96.6 cm³/mol. The summed E-state index contributed by atoms with van der Waals surface area (Å²) in [7, 11) is 0. The van der Waals surface area contributed by atoms with E-state index >= 15 is 0 Å². The van der Waals surface area contributed by atoms with Crippen molar-refractivity contribution >= 4 is 12.0 Å². The van der Waals surface area contributed by atoms with Crippen molar-refractivity contribution in [3.63, 3.8) is 0 Å². The Bertz CT molecular complexity index is 806. The molecular formula is C19H21N5. The normalized spacial score (nSPS) is 19.5. The fourth-order valence-corrected chi connectivity index (χ4v) is 3.42. The Morgan fingerprint density at radius 2 is 2.33 bits per heavy atom. The Kier molecular flexibility index (Phi) is 4.06. The van der Waals surface area contributed by atoms with E-state index in [9.17, 15) is 0 Å². The predicted octanol–water partition coefficient (Wildman–Crippen LogP) is 2.58. The number of nitrogens with one attached hydrogen (secondary N) is 3. The summed E-state index contributed by atoms with van der Waals surface area (Å²) in [5, 5.41) is 6.83. The van der Waals surface area contributed by atoms with Crippen LogP contribution < -0.4 is 10.6 Å². The minimum atomic E-state index is 0.364. The van der Waals surface area contributed by atoms with Gasteiger partial charge in [-0.2, -0.15) is 0 Å². The molecule has 1 aliphatic carbocycles. The zero-order valence-electron chi connectivity index (χ0n) is 13.6. The van der Waals surface area contributed by atoms with Crippen molar-refractivity contribution in [1.82, 2.24) is 20.3 Å². The summed E-state index contributed by atoms with van der Waals surface area (Å²) in [4.78, 5) is 12.5. The summed E-state index contributed by atoms with van der Waals surface area (Å²) in [5.41, 5.74) is 5.05. The van der Waals surface area contributed by atoms with Gasteiger partial charge in [0.15, 0.2) is 0 Å². The topological polar surface area (TPSA) is 65.6 Å². The molecular weight excluding hydrogens is 298 g/mol. The lowest BCUT2D eigenvalue weighted by Crippen LogP contribution is -2.38. The quantitative estimate of drug-likeness (QED) is 0.761. The first-order chi connectivity index (χ1) is 11.8. The van der Waals surface area contributed by atoms with Crippen molar-refractivity contribution in [1.29, 1.82) is 0 Å². The Morgan fingerprint density at radius 1 is 1.38 bits per heavy atom. The first-order valence-electron chi connectivity index (χ1n) is 8.53. The lowest BCUT2D eigenvalue weighted by atomic mass is 9.98. The molecule has 2 aromatic rings. The van der Waals surface area contributed by atoms with Gasteiger partial charge in [-0.25, -0.2) is 9.97 Å². The molecule has 0 radical (unpaired) electrons. The van der Waals surface area contributed by atoms with E-state index in [4.69, 9.17) is 11.4 Å². The molecule has 5 nitrogen and oxygen atoms in total. The average Bonchev–Trinajstić information content (AvgIpc) is 3.06. The molecule has 1 fully saturated rings. The molecule has 3 N–H and O–H groups in total. The van der Waals surface area contributed by atoms with Crippen LogP contribution in [0.25, 0.3) is 17.3 Å². The SMILES string of the molecule is C#Cc1cnc(N[C@H]2CCCNC2)nc1-c1c[nH]c2c1C=CCC2. The van der Waals surface area contributed by atoms with Gasteiger partial charge >= 0.3 is 0 Å². The molecule has 5 heteroatoms. The molecule has 1 saturated heterocycles. The molecule has 0 amide bonds. The molecule has 122 valence electrons. The maximum Gasteiger partial charge on any atom is 0.223 e. The maximum absolute atomic E-state index is 5.68. The highest BCUT2D eigenvalue weighted by molar-refractivity contribution is 5.79.